The lowest BCUT2D eigenvalue weighted by Gasteiger charge is -2.41. The quantitative estimate of drug-likeness (QED) is 0.450. The van der Waals surface area contributed by atoms with E-state index in [1.54, 1.807) is 24.3 Å². The minimum Gasteiger partial charge on any atom is -0.290 e. The maximum Gasteiger partial charge on any atom is 0.417 e. The number of carbonyl (C=O) groups excluding carboxylic acids is 2. The van der Waals surface area contributed by atoms with Gasteiger partial charge in [0.25, 0.3) is 5.91 Å². The molecule has 1 amide bonds. The molecule has 8 heteroatoms. The molecular formula is C22H11ClF3NO2S. The summed E-state index contributed by atoms with van der Waals surface area (Å²) in [5, 5.41) is 2.57. The Morgan fingerprint density at radius 1 is 1.00 bits per heavy atom. The van der Waals surface area contributed by atoms with Crippen molar-refractivity contribution in [1.29, 1.82) is 0 Å². The van der Waals surface area contributed by atoms with Crippen LogP contribution in [0.1, 0.15) is 21.5 Å². The highest BCUT2D eigenvalue weighted by Gasteiger charge is 2.55. The van der Waals surface area contributed by atoms with Gasteiger partial charge in [0.05, 0.1) is 10.6 Å². The maximum atomic E-state index is 13.6. The van der Waals surface area contributed by atoms with E-state index in [0.29, 0.717) is 16.5 Å². The smallest absolute Gasteiger partial charge is 0.290 e. The zero-order valence-electron chi connectivity index (χ0n) is 15.0. The number of Topliss-reactive ketones (excluding diaryl/α,β-unsaturated/α-hetero) is 1. The van der Waals surface area contributed by atoms with Gasteiger partial charge >= 0.3 is 6.18 Å². The Balaban J connectivity index is 1.80. The molecule has 3 aromatic carbocycles. The maximum absolute atomic E-state index is 13.6. The van der Waals surface area contributed by atoms with E-state index >= 15 is 0 Å². The molecule has 2 aliphatic rings. The van der Waals surface area contributed by atoms with Crippen LogP contribution in [0.25, 0.3) is 10.8 Å². The summed E-state index contributed by atoms with van der Waals surface area (Å²) in [5.74, 6) is -0.928. The first-order chi connectivity index (χ1) is 14.2. The molecule has 0 N–H and O–H groups in total. The van der Waals surface area contributed by atoms with E-state index in [1.165, 1.54) is 17.6 Å². The van der Waals surface area contributed by atoms with Gasteiger partial charge in [-0.25, -0.2) is 0 Å². The van der Waals surface area contributed by atoms with Gasteiger partial charge in [-0.15, -0.1) is 0 Å². The minimum absolute atomic E-state index is 0.0493. The van der Waals surface area contributed by atoms with Crippen LogP contribution in [0.5, 0.6) is 0 Å². The van der Waals surface area contributed by atoms with Crippen molar-refractivity contribution in [3.8, 4) is 0 Å². The fourth-order valence-corrected chi connectivity index (χ4v) is 5.53. The zero-order chi connectivity index (χ0) is 21.3. The van der Waals surface area contributed by atoms with Gasteiger partial charge in [-0.2, -0.15) is 13.2 Å². The number of hydrogen-bond acceptors (Lipinski definition) is 3. The molecule has 1 aliphatic heterocycles. The summed E-state index contributed by atoms with van der Waals surface area (Å²) in [5.41, 5.74) is -0.0995. The van der Waals surface area contributed by atoms with Gasteiger partial charge in [-0.05, 0) is 34.4 Å². The first-order valence-corrected chi connectivity index (χ1v) is 10.1. The number of benzene rings is 3. The highest BCUT2D eigenvalue weighted by atomic mass is 35.5. The van der Waals surface area contributed by atoms with E-state index < -0.39 is 27.5 Å². The number of anilines is 1. The van der Waals surface area contributed by atoms with Crippen LogP contribution < -0.4 is 4.90 Å². The molecule has 3 nitrogen and oxygen atoms in total. The summed E-state index contributed by atoms with van der Waals surface area (Å²) in [6, 6.07) is 13.9. The number of carbonyl (C=O) groups is 2. The molecule has 0 fully saturated rings. The number of halogens is 4. The Bertz CT molecular complexity index is 1280. The van der Waals surface area contributed by atoms with Gasteiger partial charge in [0, 0.05) is 22.9 Å². The Morgan fingerprint density at radius 2 is 1.73 bits per heavy atom. The SMILES string of the molecule is O=C1C=CSC2(C(=O)c3cccc4cccc2c34)N1c1ccc(Cl)c(C(F)(F)F)c1. The van der Waals surface area contributed by atoms with Crippen LogP contribution in [0.2, 0.25) is 5.02 Å². The number of rotatable bonds is 1. The van der Waals surface area contributed by atoms with Crippen molar-refractivity contribution in [3.05, 3.63) is 87.8 Å². The summed E-state index contributed by atoms with van der Waals surface area (Å²) >= 11 is 6.86. The second kappa shape index (κ2) is 6.36. The largest absolute Gasteiger partial charge is 0.417 e. The standard InChI is InChI=1S/C22H11ClF3NO2S/c23-17-8-7-13(11-16(17)22(24,25)26)27-18(28)9-10-30-21(27)15-6-2-4-12-3-1-5-14(19(12)15)20(21)29/h1-11H. The summed E-state index contributed by atoms with van der Waals surface area (Å²) in [6.07, 6.45) is -3.46. The van der Waals surface area contributed by atoms with Crippen LogP contribution in [0, 0.1) is 0 Å². The van der Waals surface area contributed by atoms with Crippen molar-refractivity contribution in [3.63, 3.8) is 0 Å². The number of fused-ring (bicyclic) bond motifs is 1. The van der Waals surface area contributed by atoms with Gasteiger partial charge in [0.15, 0.2) is 4.87 Å². The Labute approximate surface area is 178 Å². The van der Waals surface area contributed by atoms with Crippen molar-refractivity contribution in [2.75, 3.05) is 4.90 Å². The van der Waals surface area contributed by atoms with Crippen LogP contribution in [-0.2, 0) is 15.8 Å². The summed E-state index contributed by atoms with van der Waals surface area (Å²) in [6.45, 7) is 0. The van der Waals surface area contributed by atoms with E-state index in [9.17, 15) is 22.8 Å². The van der Waals surface area contributed by atoms with Crippen molar-refractivity contribution < 1.29 is 22.8 Å². The second-order valence-corrected chi connectivity index (χ2v) is 8.44. The number of alkyl halides is 3. The molecule has 1 spiro atoms. The summed E-state index contributed by atoms with van der Waals surface area (Å²) in [4.78, 5) is 26.2. The normalized spacial score (nSPS) is 20.6. The molecule has 3 aromatic rings. The van der Waals surface area contributed by atoms with E-state index in [1.807, 2.05) is 12.1 Å². The molecule has 0 saturated heterocycles. The van der Waals surface area contributed by atoms with Crippen molar-refractivity contribution >= 4 is 51.5 Å². The third kappa shape index (κ3) is 2.48. The van der Waals surface area contributed by atoms with E-state index in [4.69, 9.17) is 11.6 Å². The number of thioether (sulfide) groups is 1. The number of amides is 1. The van der Waals surface area contributed by atoms with Gasteiger partial charge < -0.3 is 0 Å². The Hall–Kier alpha value is -2.77. The molecular weight excluding hydrogens is 435 g/mol. The average Bonchev–Trinajstić information content (AvgIpc) is 2.94. The first-order valence-electron chi connectivity index (χ1n) is 8.87. The van der Waals surface area contributed by atoms with Gasteiger partial charge in [-0.1, -0.05) is 59.8 Å². The summed E-state index contributed by atoms with van der Waals surface area (Å²) in [7, 11) is 0. The van der Waals surface area contributed by atoms with Crippen LogP contribution in [-0.4, -0.2) is 11.7 Å². The van der Waals surface area contributed by atoms with Gasteiger partial charge in [0.2, 0.25) is 5.78 Å². The van der Waals surface area contributed by atoms with Crippen molar-refractivity contribution in [1.82, 2.24) is 0 Å². The van der Waals surface area contributed by atoms with Crippen LogP contribution in [0.4, 0.5) is 18.9 Å². The van der Waals surface area contributed by atoms with Gasteiger partial charge in [0.1, 0.15) is 0 Å². The molecule has 150 valence electrons. The monoisotopic (exact) mass is 445 g/mol. The highest BCUT2D eigenvalue weighted by molar-refractivity contribution is 8.04. The van der Waals surface area contributed by atoms with Crippen LogP contribution >= 0.6 is 23.4 Å². The van der Waals surface area contributed by atoms with Crippen molar-refractivity contribution in [2.45, 2.75) is 11.0 Å². The molecule has 1 atom stereocenters. The van der Waals surface area contributed by atoms with Crippen LogP contribution in [0.3, 0.4) is 0 Å². The van der Waals surface area contributed by atoms with E-state index in [2.05, 4.69) is 0 Å². The molecule has 0 radical (unpaired) electrons. The topological polar surface area (TPSA) is 37.4 Å². The number of ketones is 1. The minimum atomic E-state index is -4.70. The predicted octanol–water partition coefficient (Wildman–Crippen LogP) is 6.15. The lowest BCUT2D eigenvalue weighted by Crippen LogP contribution is -2.52. The lowest BCUT2D eigenvalue weighted by molar-refractivity contribution is -0.137. The second-order valence-electron chi connectivity index (χ2n) is 6.94. The number of nitrogens with zero attached hydrogens (tertiary/aromatic N) is 1. The van der Waals surface area contributed by atoms with Crippen molar-refractivity contribution in [2.24, 2.45) is 0 Å². The molecule has 30 heavy (non-hydrogen) atoms. The molecule has 0 bridgehead atoms. The molecule has 0 aromatic heterocycles. The van der Waals surface area contributed by atoms with Gasteiger partial charge in [-0.3, -0.25) is 14.5 Å². The van der Waals surface area contributed by atoms with E-state index in [0.717, 1.165) is 34.2 Å². The first kappa shape index (κ1) is 19.2. The molecule has 5 rings (SSSR count). The predicted molar refractivity (Wildman–Crippen MR) is 111 cm³/mol. The fraction of sp³-hybridized carbons (Fsp3) is 0.0909. The molecule has 1 aliphatic carbocycles. The Kier molecular flexibility index (Phi) is 4.07. The fourth-order valence-electron chi connectivity index (χ4n) is 4.11. The molecule has 1 heterocycles. The highest BCUT2D eigenvalue weighted by Crippen LogP contribution is 2.55. The lowest BCUT2D eigenvalue weighted by atomic mass is 10.0. The Morgan fingerprint density at radius 3 is 2.47 bits per heavy atom. The third-order valence-corrected chi connectivity index (χ3v) is 6.85. The zero-order valence-corrected chi connectivity index (χ0v) is 16.6. The molecule has 0 saturated carbocycles. The number of hydrogen-bond donors (Lipinski definition) is 0. The summed E-state index contributed by atoms with van der Waals surface area (Å²) < 4.78 is 40.4. The molecule has 1 unspecified atom stereocenters. The third-order valence-electron chi connectivity index (χ3n) is 5.32. The van der Waals surface area contributed by atoms with E-state index in [-0.39, 0.29) is 11.5 Å². The van der Waals surface area contributed by atoms with Crippen LogP contribution in [0.15, 0.2) is 66.1 Å². The average molecular weight is 446 g/mol.